The molecule has 1 aliphatic heterocycles. The molecule has 0 aromatic carbocycles. The lowest BCUT2D eigenvalue weighted by molar-refractivity contribution is 0.00131. The Morgan fingerprint density at radius 3 is 3.28 bits per heavy atom. The number of aromatic nitrogens is 1. The number of hydrogen-bond donors (Lipinski definition) is 1. The van der Waals surface area contributed by atoms with Crippen LogP contribution in [-0.2, 0) is 9.47 Å². The van der Waals surface area contributed by atoms with Crippen LogP contribution in [0.1, 0.15) is 41.4 Å². The van der Waals surface area contributed by atoms with E-state index in [4.69, 9.17) is 9.47 Å². The third kappa shape index (κ3) is 3.07. The van der Waals surface area contributed by atoms with Crippen molar-refractivity contribution < 1.29 is 14.3 Å². The molecule has 0 aliphatic carbocycles. The van der Waals surface area contributed by atoms with Crippen LogP contribution in [0.5, 0.6) is 0 Å². The van der Waals surface area contributed by atoms with Crippen LogP contribution in [0.25, 0.3) is 0 Å². The van der Waals surface area contributed by atoms with E-state index < -0.39 is 0 Å². The molecule has 0 unspecified atom stereocenters. The number of nitrogens with zero attached hydrogens (tertiary/aromatic N) is 1. The van der Waals surface area contributed by atoms with Gasteiger partial charge in [0.15, 0.2) is 5.69 Å². The van der Waals surface area contributed by atoms with Gasteiger partial charge in [-0.2, -0.15) is 0 Å². The number of carbonyl (C=O) groups excluding carboxylic acids is 1. The minimum absolute atomic E-state index is 0.00984. The van der Waals surface area contributed by atoms with Crippen molar-refractivity contribution in [2.24, 2.45) is 0 Å². The minimum Gasteiger partial charge on any atom is -0.461 e. The molecule has 1 aromatic heterocycles. The van der Waals surface area contributed by atoms with Crippen LogP contribution < -0.4 is 5.32 Å². The number of esters is 1. The highest BCUT2D eigenvalue weighted by atomic mass is 32.1. The molecular formula is C12H18N2O3S. The zero-order valence-corrected chi connectivity index (χ0v) is 11.5. The van der Waals surface area contributed by atoms with E-state index in [2.05, 4.69) is 10.3 Å². The summed E-state index contributed by atoms with van der Waals surface area (Å²) in [7, 11) is 1.96. The van der Waals surface area contributed by atoms with E-state index in [-0.39, 0.29) is 12.1 Å². The average Bonchev–Trinajstić information content (AvgIpc) is 2.89. The number of rotatable bonds is 4. The van der Waals surface area contributed by atoms with Crippen molar-refractivity contribution in [2.45, 2.75) is 31.9 Å². The molecule has 2 heterocycles. The predicted molar refractivity (Wildman–Crippen MR) is 68.8 cm³/mol. The number of hydrogen-bond acceptors (Lipinski definition) is 6. The maximum atomic E-state index is 11.5. The van der Waals surface area contributed by atoms with E-state index in [9.17, 15) is 4.79 Å². The number of nitrogens with one attached hydrogen (secondary N) is 1. The maximum Gasteiger partial charge on any atom is 0.357 e. The molecule has 1 aromatic rings. The first-order chi connectivity index (χ1) is 8.74. The highest BCUT2D eigenvalue weighted by Crippen LogP contribution is 2.30. The zero-order valence-electron chi connectivity index (χ0n) is 10.6. The summed E-state index contributed by atoms with van der Waals surface area (Å²) in [6.07, 6.45) is 1.90. The predicted octanol–water partition coefficient (Wildman–Crippen LogP) is 1.76. The maximum absolute atomic E-state index is 11.5. The minimum atomic E-state index is -0.360. The normalized spacial score (nSPS) is 23.9. The van der Waals surface area contributed by atoms with E-state index in [1.807, 2.05) is 7.05 Å². The highest BCUT2D eigenvalue weighted by Gasteiger charge is 2.26. The van der Waals surface area contributed by atoms with Crippen molar-refractivity contribution in [1.82, 2.24) is 10.3 Å². The van der Waals surface area contributed by atoms with Crippen LogP contribution >= 0.6 is 11.3 Å². The van der Waals surface area contributed by atoms with Gasteiger partial charge in [0.05, 0.1) is 6.61 Å². The second kappa shape index (κ2) is 6.26. The van der Waals surface area contributed by atoms with Crippen molar-refractivity contribution >= 4 is 17.3 Å². The van der Waals surface area contributed by atoms with Crippen molar-refractivity contribution in [3.8, 4) is 0 Å². The molecule has 0 bridgehead atoms. The van der Waals surface area contributed by atoms with Gasteiger partial charge in [0.1, 0.15) is 11.1 Å². The van der Waals surface area contributed by atoms with Gasteiger partial charge in [-0.1, -0.05) is 0 Å². The van der Waals surface area contributed by atoms with Crippen molar-refractivity contribution in [3.63, 3.8) is 0 Å². The van der Waals surface area contributed by atoms with Crippen LogP contribution in [0.2, 0.25) is 0 Å². The largest absolute Gasteiger partial charge is 0.461 e. The van der Waals surface area contributed by atoms with Gasteiger partial charge in [-0.25, -0.2) is 9.78 Å². The standard InChI is InChI=1S/C12H18N2O3S/c1-3-16-12(15)9-7-18-11(14-9)10-6-8(13-2)4-5-17-10/h7-8,10,13H,3-6H2,1-2H3/t8-,10-/m1/s1. The van der Waals surface area contributed by atoms with Gasteiger partial charge in [0, 0.05) is 18.0 Å². The topological polar surface area (TPSA) is 60.5 Å². The van der Waals surface area contributed by atoms with Crippen LogP contribution in [0.15, 0.2) is 5.38 Å². The summed E-state index contributed by atoms with van der Waals surface area (Å²) in [5.74, 6) is -0.360. The summed E-state index contributed by atoms with van der Waals surface area (Å²) in [5, 5.41) is 5.85. The Labute approximate surface area is 111 Å². The monoisotopic (exact) mass is 270 g/mol. The van der Waals surface area contributed by atoms with Crippen LogP contribution in [-0.4, -0.2) is 37.3 Å². The Morgan fingerprint density at radius 1 is 1.72 bits per heavy atom. The Bertz CT molecular complexity index is 408. The van der Waals surface area contributed by atoms with Gasteiger partial charge in [-0.3, -0.25) is 0 Å². The fourth-order valence-electron chi connectivity index (χ4n) is 1.97. The fraction of sp³-hybridized carbons (Fsp3) is 0.667. The van der Waals surface area contributed by atoms with Crippen molar-refractivity contribution in [1.29, 1.82) is 0 Å². The number of ether oxygens (including phenoxy) is 2. The Kier molecular flexibility index (Phi) is 4.68. The number of carbonyl (C=O) groups is 1. The van der Waals surface area contributed by atoms with Crippen molar-refractivity contribution in [2.75, 3.05) is 20.3 Å². The van der Waals surface area contributed by atoms with Gasteiger partial charge in [-0.05, 0) is 26.8 Å². The van der Waals surface area contributed by atoms with E-state index >= 15 is 0 Å². The Morgan fingerprint density at radius 2 is 2.56 bits per heavy atom. The molecule has 0 amide bonds. The fourth-order valence-corrected chi connectivity index (χ4v) is 2.81. The molecule has 0 spiro atoms. The van der Waals surface area contributed by atoms with E-state index in [0.717, 1.165) is 24.5 Å². The summed E-state index contributed by atoms with van der Waals surface area (Å²) >= 11 is 1.46. The molecular weight excluding hydrogens is 252 g/mol. The molecule has 100 valence electrons. The van der Waals surface area contributed by atoms with Crippen LogP contribution in [0.4, 0.5) is 0 Å². The Balaban J connectivity index is 2.03. The van der Waals surface area contributed by atoms with E-state index in [1.54, 1.807) is 12.3 Å². The molecule has 0 radical (unpaired) electrons. The van der Waals surface area contributed by atoms with Crippen LogP contribution in [0.3, 0.4) is 0 Å². The molecule has 1 N–H and O–H groups in total. The third-order valence-corrected chi connectivity index (χ3v) is 3.91. The summed E-state index contributed by atoms with van der Waals surface area (Å²) in [6, 6.07) is 0.457. The molecule has 2 rings (SSSR count). The molecule has 0 saturated carbocycles. The quantitative estimate of drug-likeness (QED) is 0.845. The zero-order chi connectivity index (χ0) is 13.0. The molecule has 1 saturated heterocycles. The third-order valence-electron chi connectivity index (χ3n) is 2.97. The summed E-state index contributed by atoms with van der Waals surface area (Å²) in [6.45, 7) is 2.88. The van der Waals surface area contributed by atoms with Gasteiger partial charge < -0.3 is 14.8 Å². The highest BCUT2D eigenvalue weighted by molar-refractivity contribution is 7.09. The second-order valence-corrected chi connectivity index (χ2v) is 5.05. The van der Waals surface area contributed by atoms with Gasteiger partial charge in [0.25, 0.3) is 0 Å². The molecule has 6 heteroatoms. The summed E-state index contributed by atoms with van der Waals surface area (Å²) in [4.78, 5) is 15.8. The first-order valence-electron chi connectivity index (χ1n) is 6.16. The lowest BCUT2D eigenvalue weighted by Crippen LogP contribution is -2.33. The van der Waals surface area contributed by atoms with Gasteiger partial charge in [-0.15, -0.1) is 11.3 Å². The lowest BCUT2D eigenvalue weighted by Gasteiger charge is -2.27. The molecule has 2 atom stereocenters. The van der Waals surface area contributed by atoms with Crippen LogP contribution in [0, 0.1) is 0 Å². The van der Waals surface area contributed by atoms with E-state index in [0.29, 0.717) is 18.3 Å². The number of thiazole rings is 1. The lowest BCUT2D eigenvalue weighted by atomic mass is 10.0. The first-order valence-corrected chi connectivity index (χ1v) is 7.04. The molecule has 1 fully saturated rings. The molecule has 1 aliphatic rings. The molecule has 18 heavy (non-hydrogen) atoms. The first kappa shape index (κ1) is 13.5. The smallest absolute Gasteiger partial charge is 0.357 e. The summed E-state index contributed by atoms with van der Waals surface area (Å²) in [5.41, 5.74) is 0.382. The average molecular weight is 270 g/mol. The SMILES string of the molecule is CCOC(=O)c1csc([C@H]2C[C@H](NC)CCO2)n1. The van der Waals surface area contributed by atoms with Gasteiger partial charge >= 0.3 is 5.97 Å². The summed E-state index contributed by atoms with van der Waals surface area (Å²) < 4.78 is 10.6. The molecule has 5 nitrogen and oxygen atoms in total. The second-order valence-electron chi connectivity index (χ2n) is 4.16. The van der Waals surface area contributed by atoms with E-state index in [1.165, 1.54) is 11.3 Å². The Hall–Kier alpha value is -0.980. The van der Waals surface area contributed by atoms with Gasteiger partial charge in [0.2, 0.25) is 0 Å². The van der Waals surface area contributed by atoms with Crippen molar-refractivity contribution in [3.05, 3.63) is 16.1 Å².